The van der Waals surface area contributed by atoms with Crippen molar-refractivity contribution in [3.63, 3.8) is 0 Å². The van der Waals surface area contributed by atoms with Crippen LogP contribution < -0.4 is 5.32 Å². The van der Waals surface area contributed by atoms with Crippen LogP contribution in [0.25, 0.3) is 0 Å². The molecule has 1 saturated heterocycles. The highest BCUT2D eigenvalue weighted by Gasteiger charge is 2.21. The zero-order valence-electron chi connectivity index (χ0n) is 13.0. The van der Waals surface area contributed by atoms with Crippen LogP contribution in [0.3, 0.4) is 0 Å². The molecule has 1 aromatic carbocycles. The molecule has 2 aromatic rings. The zero-order chi connectivity index (χ0) is 16.9. The lowest BCUT2D eigenvalue weighted by molar-refractivity contribution is -0.119. The summed E-state index contributed by atoms with van der Waals surface area (Å²) in [5, 5.41) is 3.24. The van der Waals surface area contributed by atoms with E-state index in [2.05, 4.69) is 26.2 Å². The molecule has 124 valence electrons. The van der Waals surface area contributed by atoms with E-state index in [1.54, 1.807) is 28.3 Å². The number of rotatable bonds is 4. The van der Waals surface area contributed by atoms with Gasteiger partial charge in [-0.2, -0.15) is 0 Å². The van der Waals surface area contributed by atoms with E-state index in [4.69, 9.17) is 0 Å². The molecule has 1 N–H and O–H groups in total. The summed E-state index contributed by atoms with van der Waals surface area (Å²) >= 11 is 3.40. The third kappa shape index (κ3) is 3.91. The Morgan fingerprint density at radius 3 is 2.46 bits per heavy atom. The minimum Gasteiger partial charge on any atom is -0.354 e. The van der Waals surface area contributed by atoms with Crippen molar-refractivity contribution >= 4 is 39.6 Å². The van der Waals surface area contributed by atoms with Crippen molar-refractivity contribution in [3.05, 3.63) is 52.8 Å². The number of amides is 2. The highest BCUT2D eigenvalue weighted by molar-refractivity contribution is 9.10. The van der Waals surface area contributed by atoms with Crippen LogP contribution in [0.4, 0.5) is 11.4 Å². The second-order valence-electron chi connectivity index (χ2n) is 5.53. The molecule has 0 spiro atoms. The third-order valence-electron chi connectivity index (χ3n) is 3.87. The van der Waals surface area contributed by atoms with E-state index in [-0.39, 0.29) is 5.91 Å². The maximum Gasteiger partial charge on any atom is 0.255 e. The first-order valence-corrected chi connectivity index (χ1v) is 8.41. The van der Waals surface area contributed by atoms with Crippen molar-refractivity contribution in [1.29, 1.82) is 0 Å². The van der Waals surface area contributed by atoms with Crippen LogP contribution in [0.15, 0.2) is 47.2 Å². The smallest absolute Gasteiger partial charge is 0.255 e. The molecule has 2 amide bonds. The number of piperazine rings is 1. The summed E-state index contributed by atoms with van der Waals surface area (Å²) < 4.78 is 1.00. The molecule has 24 heavy (non-hydrogen) atoms. The normalized spacial score (nSPS) is 14.4. The van der Waals surface area contributed by atoms with E-state index < -0.39 is 0 Å². The quantitative estimate of drug-likeness (QED) is 0.817. The summed E-state index contributed by atoms with van der Waals surface area (Å²) in [5.41, 5.74) is 2.22. The van der Waals surface area contributed by atoms with Crippen molar-refractivity contribution in [2.75, 3.05) is 31.5 Å². The van der Waals surface area contributed by atoms with Crippen LogP contribution >= 0.6 is 15.9 Å². The summed E-state index contributed by atoms with van der Waals surface area (Å²) in [5.74, 6) is -0.0625. The molecule has 0 unspecified atom stereocenters. The van der Waals surface area contributed by atoms with Gasteiger partial charge >= 0.3 is 0 Å². The summed E-state index contributed by atoms with van der Waals surface area (Å²) in [6.07, 6.45) is 4.08. The van der Waals surface area contributed by atoms with E-state index in [9.17, 15) is 9.59 Å². The first-order chi connectivity index (χ1) is 11.7. The Kier molecular flexibility index (Phi) is 5.10. The third-order valence-corrected chi connectivity index (χ3v) is 4.40. The Labute approximate surface area is 148 Å². The molecular weight excluding hydrogens is 372 g/mol. The van der Waals surface area contributed by atoms with Crippen LogP contribution in [-0.2, 0) is 4.79 Å². The Hall–Kier alpha value is -2.41. The molecule has 6 nitrogen and oxygen atoms in total. The van der Waals surface area contributed by atoms with Gasteiger partial charge in [0, 0.05) is 42.5 Å². The molecule has 0 saturated carbocycles. The van der Waals surface area contributed by atoms with Gasteiger partial charge in [0.1, 0.15) is 0 Å². The van der Waals surface area contributed by atoms with Gasteiger partial charge in [0.15, 0.2) is 0 Å². The van der Waals surface area contributed by atoms with Crippen LogP contribution in [-0.4, -0.2) is 53.3 Å². The molecule has 1 aliphatic rings. The number of benzene rings is 1. The highest BCUT2D eigenvalue weighted by atomic mass is 79.9. The van der Waals surface area contributed by atoms with Gasteiger partial charge in [-0.3, -0.25) is 14.6 Å². The Morgan fingerprint density at radius 2 is 1.79 bits per heavy atom. The predicted octanol–water partition coefficient (Wildman–Crippen LogP) is 2.50. The van der Waals surface area contributed by atoms with Gasteiger partial charge in [0.25, 0.3) is 5.91 Å². The van der Waals surface area contributed by atoms with Crippen molar-refractivity contribution in [2.45, 2.75) is 0 Å². The fraction of sp³-hybridized carbons (Fsp3) is 0.235. The van der Waals surface area contributed by atoms with E-state index in [1.807, 2.05) is 24.3 Å². The number of anilines is 2. The summed E-state index contributed by atoms with van der Waals surface area (Å²) in [6.45, 7) is 2.23. The van der Waals surface area contributed by atoms with Crippen LogP contribution in [0.1, 0.15) is 10.4 Å². The number of aromatic nitrogens is 1. The lowest BCUT2D eigenvalue weighted by atomic mass is 10.2. The van der Waals surface area contributed by atoms with Crippen molar-refractivity contribution in [3.8, 4) is 0 Å². The molecule has 0 atom stereocenters. The number of halogens is 1. The van der Waals surface area contributed by atoms with Gasteiger partial charge < -0.3 is 15.1 Å². The molecule has 0 aliphatic carbocycles. The van der Waals surface area contributed by atoms with Gasteiger partial charge in [-0.25, -0.2) is 0 Å². The first-order valence-electron chi connectivity index (χ1n) is 7.62. The fourth-order valence-electron chi connectivity index (χ4n) is 2.54. The second kappa shape index (κ2) is 7.44. The minimum absolute atomic E-state index is 0.0625. The number of hydrogen-bond donors (Lipinski definition) is 1. The van der Waals surface area contributed by atoms with Crippen molar-refractivity contribution in [1.82, 2.24) is 14.8 Å². The summed E-state index contributed by atoms with van der Waals surface area (Å²) in [7, 11) is 0. The summed E-state index contributed by atoms with van der Waals surface area (Å²) in [4.78, 5) is 30.9. The van der Waals surface area contributed by atoms with Gasteiger partial charge in [-0.15, -0.1) is 0 Å². The number of nitrogens with zero attached hydrogens (tertiary/aromatic N) is 3. The predicted molar refractivity (Wildman–Crippen MR) is 95.2 cm³/mol. The molecule has 2 heterocycles. The average Bonchev–Trinajstić information content (AvgIpc) is 2.63. The van der Waals surface area contributed by atoms with Crippen LogP contribution in [0.2, 0.25) is 0 Å². The molecule has 3 rings (SSSR count). The van der Waals surface area contributed by atoms with E-state index in [1.165, 1.54) is 0 Å². The Bertz CT molecular complexity index is 728. The van der Waals surface area contributed by atoms with Crippen LogP contribution in [0, 0.1) is 0 Å². The molecule has 1 fully saturated rings. The Morgan fingerprint density at radius 1 is 1.08 bits per heavy atom. The molecule has 1 aromatic heterocycles. The van der Waals surface area contributed by atoms with Crippen molar-refractivity contribution < 1.29 is 9.59 Å². The summed E-state index contributed by atoms with van der Waals surface area (Å²) in [6, 6.07) is 9.56. The number of carbonyl (C=O) groups is 2. The molecule has 7 heteroatoms. The molecular formula is C17H17BrN4O2. The molecule has 0 bridgehead atoms. The fourth-order valence-corrected chi connectivity index (χ4v) is 2.80. The first kappa shape index (κ1) is 16.4. The van der Waals surface area contributed by atoms with E-state index >= 15 is 0 Å². The number of pyridine rings is 1. The molecule has 0 radical (unpaired) electrons. The minimum atomic E-state index is -0.0625. The average molecular weight is 389 g/mol. The zero-order valence-corrected chi connectivity index (χ0v) is 14.6. The topological polar surface area (TPSA) is 65.5 Å². The molecule has 1 aliphatic heterocycles. The highest BCUT2D eigenvalue weighted by Crippen LogP contribution is 2.20. The number of carbonyl (C=O) groups excluding carboxylic acids is 2. The maximum absolute atomic E-state index is 12.6. The standard InChI is InChI=1S/C17H17BrN4O2/c18-14-1-3-15(4-2-14)20-16-9-13(10-19-11-16)17(24)22-7-5-21(12-23)6-8-22/h1-4,9-12,20H,5-8H2. The van der Waals surface area contributed by atoms with Gasteiger partial charge in [-0.05, 0) is 30.3 Å². The van der Waals surface area contributed by atoms with Gasteiger partial charge in [0.05, 0.1) is 17.4 Å². The lowest BCUT2D eigenvalue weighted by Gasteiger charge is -2.32. The van der Waals surface area contributed by atoms with E-state index in [0.717, 1.165) is 22.3 Å². The van der Waals surface area contributed by atoms with Gasteiger partial charge in [-0.1, -0.05) is 15.9 Å². The van der Waals surface area contributed by atoms with Crippen LogP contribution in [0.5, 0.6) is 0 Å². The second-order valence-corrected chi connectivity index (χ2v) is 6.44. The Balaban J connectivity index is 1.69. The maximum atomic E-state index is 12.6. The largest absolute Gasteiger partial charge is 0.354 e. The van der Waals surface area contributed by atoms with E-state index in [0.29, 0.717) is 31.7 Å². The number of nitrogens with one attached hydrogen (secondary N) is 1. The number of hydrogen-bond acceptors (Lipinski definition) is 4. The monoisotopic (exact) mass is 388 g/mol. The SMILES string of the molecule is O=CN1CCN(C(=O)c2cncc(Nc3ccc(Br)cc3)c2)CC1. The van der Waals surface area contributed by atoms with Crippen molar-refractivity contribution in [2.24, 2.45) is 0 Å². The lowest BCUT2D eigenvalue weighted by Crippen LogP contribution is -2.48. The van der Waals surface area contributed by atoms with Gasteiger partial charge in [0.2, 0.25) is 6.41 Å².